The maximum Gasteiger partial charge on any atom is 0.224 e. The number of amides is 1. The summed E-state index contributed by atoms with van der Waals surface area (Å²) in [6, 6.07) is 0. The maximum absolute atomic E-state index is 11.2. The molecule has 0 saturated carbocycles. The molecule has 0 rings (SSSR count). The van der Waals surface area contributed by atoms with Gasteiger partial charge in [-0.2, -0.15) is 0 Å². The van der Waals surface area contributed by atoms with Crippen molar-refractivity contribution in [1.29, 1.82) is 0 Å². The number of nitrogens with zero attached hydrogens (tertiary/aromatic N) is 1. The molecule has 0 N–H and O–H groups in total. The number of rotatable bonds is 3. The number of halogens is 2. The molecule has 76 valence electrons. The predicted molar refractivity (Wildman–Crippen MR) is 57.3 cm³/mol. The first-order valence-corrected chi connectivity index (χ1v) is 3.80. The predicted octanol–water partition coefficient (Wildman–Crippen LogP) is 2.35. The standard InChI is InChI=1S/C8H17NO.2ClH/c1-5-6-7(2)8(10)9(3)4;;/h7H,5-6H2,1-4H3;2*1H. The van der Waals surface area contributed by atoms with Gasteiger partial charge >= 0.3 is 0 Å². The van der Waals surface area contributed by atoms with E-state index < -0.39 is 0 Å². The molecule has 0 aliphatic carbocycles. The Labute approximate surface area is 87.5 Å². The number of carbonyl (C=O) groups excluding carboxylic acids is 1. The minimum Gasteiger partial charge on any atom is -0.349 e. The molecule has 1 unspecified atom stereocenters. The fourth-order valence-electron chi connectivity index (χ4n) is 0.997. The topological polar surface area (TPSA) is 20.3 Å². The van der Waals surface area contributed by atoms with Crippen molar-refractivity contribution in [3.05, 3.63) is 0 Å². The highest BCUT2D eigenvalue weighted by Crippen LogP contribution is 2.06. The van der Waals surface area contributed by atoms with Crippen LogP contribution in [0.25, 0.3) is 0 Å². The Morgan fingerprint density at radius 1 is 1.33 bits per heavy atom. The Kier molecular flexibility index (Phi) is 13.7. The minimum atomic E-state index is 0. The summed E-state index contributed by atoms with van der Waals surface area (Å²) < 4.78 is 0. The Morgan fingerprint density at radius 3 is 2.00 bits per heavy atom. The van der Waals surface area contributed by atoms with Gasteiger partial charge in [-0.25, -0.2) is 0 Å². The molecule has 0 aromatic heterocycles. The average molecular weight is 216 g/mol. The SMILES string of the molecule is CCCC(C)C(=O)N(C)C.Cl.Cl. The summed E-state index contributed by atoms with van der Waals surface area (Å²) in [5, 5.41) is 0. The third kappa shape index (κ3) is 6.74. The van der Waals surface area contributed by atoms with E-state index in [0.29, 0.717) is 0 Å². The van der Waals surface area contributed by atoms with Gasteiger partial charge in [0.2, 0.25) is 5.91 Å². The van der Waals surface area contributed by atoms with Crippen LogP contribution in [0.15, 0.2) is 0 Å². The van der Waals surface area contributed by atoms with Gasteiger partial charge in [0.1, 0.15) is 0 Å². The fraction of sp³-hybridized carbons (Fsp3) is 0.875. The van der Waals surface area contributed by atoms with E-state index in [2.05, 4.69) is 6.92 Å². The molecule has 1 atom stereocenters. The van der Waals surface area contributed by atoms with Gasteiger partial charge in [-0.15, -0.1) is 24.8 Å². The fourth-order valence-corrected chi connectivity index (χ4v) is 0.997. The molecule has 0 radical (unpaired) electrons. The lowest BCUT2D eigenvalue weighted by molar-refractivity contribution is -0.132. The second-order valence-corrected chi connectivity index (χ2v) is 2.92. The second kappa shape index (κ2) is 9.14. The van der Waals surface area contributed by atoms with E-state index >= 15 is 0 Å². The van der Waals surface area contributed by atoms with E-state index in [1.165, 1.54) is 0 Å². The summed E-state index contributed by atoms with van der Waals surface area (Å²) in [4.78, 5) is 12.8. The first-order valence-electron chi connectivity index (χ1n) is 3.80. The van der Waals surface area contributed by atoms with Crippen LogP contribution in [-0.2, 0) is 4.79 Å². The van der Waals surface area contributed by atoms with E-state index in [9.17, 15) is 4.79 Å². The van der Waals surface area contributed by atoms with E-state index in [-0.39, 0.29) is 36.6 Å². The van der Waals surface area contributed by atoms with Crippen molar-refractivity contribution in [3.63, 3.8) is 0 Å². The molecular weight excluding hydrogens is 197 g/mol. The van der Waals surface area contributed by atoms with Crippen molar-refractivity contribution >= 4 is 30.7 Å². The highest BCUT2D eigenvalue weighted by molar-refractivity contribution is 5.85. The number of carbonyl (C=O) groups is 1. The van der Waals surface area contributed by atoms with E-state index in [4.69, 9.17) is 0 Å². The molecule has 0 fully saturated rings. The van der Waals surface area contributed by atoms with Crippen LogP contribution in [0.5, 0.6) is 0 Å². The first kappa shape index (κ1) is 18.0. The molecule has 4 heteroatoms. The summed E-state index contributed by atoms with van der Waals surface area (Å²) >= 11 is 0. The van der Waals surface area contributed by atoms with Crippen LogP contribution in [0.1, 0.15) is 26.7 Å². The lowest BCUT2D eigenvalue weighted by Crippen LogP contribution is -2.27. The monoisotopic (exact) mass is 215 g/mol. The Bertz CT molecular complexity index is 118. The quantitative estimate of drug-likeness (QED) is 0.709. The van der Waals surface area contributed by atoms with Gasteiger partial charge < -0.3 is 4.90 Å². The van der Waals surface area contributed by atoms with E-state index in [1.807, 2.05) is 6.92 Å². The highest BCUT2D eigenvalue weighted by atomic mass is 35.5. The van der Waals surface area contributed by atoms with Gasteiger partial charge in [0.25, 0.3) is 0 Å². The van der Waals surface area contributed by atoms with Gasteiger partial charge in [-0.1, -0.05) is 20.3 Å². The summed E-state index contributed by atoms with van der Waals surface area (Å²) in [5.41, 5.74) is 0. The molecule has 0 saturated heterocycles. The van der Waals surface area contributed by atoms with E-state index in [0.717, 1.165) is 12.8 Å². The van der Waals surface area contributed by atoms with E-state index in [1.54, 1.807) is 19.0 Å². The van der Waals surface area contributed by atoms with Crippen molar-refractivity contribution in [2.75, 3.05) is 14.1 Å². The lowest BCUT2D eigenvalue weighted by Gasteiger charge is -2.15. The van der Waals surface area contributed by atoms with Crippen LogP contribution in [0.2, 0.25) is 0 Å². The third-order valence-electron chi connectivity index (χ3n) is 1.58. The summed E-state index contributed by atoms with van der Waals surface area (Å²) in [6.07, 6.45) is 2.08. The molecule has 0 spiro atoms. The van der Waals surface area contributed by atoms with Crippen molar-refractivity contribution in [2.45, 2.75) is 26.7 Å². The Hall–Kier alpha value is 0.0500. The summed E-state index contributed by atoms with van der Waals surface area (Å²) in [7, 11) is 3.60. The van der Waals surface area contributed by atoms with Crippen LogP contribution in [0.4, 0.5) is 0 Å². The van der Waals surface area contributed by atoms with Gasteiger partial charge in [0, 0.05) is 20.0 Å². The molecule has 12 heavy (non-hydrogen) atoms. The van der Waals surface area contributed by atoms with Gasteiger partial charge in [-0.3, -0.25) is 4.79 Å². The molecule has 0 aromatic carbocycles. The third-order valence-corrected chi connectivity index (χ3v) is 1.58. The largest absolute Gasteiger partial charge is 0.349 e. The van der Waals surface area contributed by atoms with Crippen LogP contribution in [-0.4, -0.2) is 24.9 Å². The zero-order valence-corrected chi connectivity index (χ0v) is 9.80. The Morgan fingerprint density at radius 2 is 1.75 bits per heavy atom. The van der Waals surface area contributed by atoms with Gasteiger partial charge in [0.05, 0.1) is 0 Å². The molecular formula is C8H19Cl2NO. The van der Waals surface area contributed by atoms with Crippen LogP contribution < -0.4 is 0 Å². The summed E-state index contributed by atoms with van der Waals surface area (Å²) in [6.45, 7) is 4.07. The van der Waals surface area contributed by atoms with Gasteiger partial charge in [0.15, 0.2) is 0 Å². The van der Waals surface area contributed by atoms with Crippen molar-refractivity contribution in [1.82, 2.24) is 4.90 Å². The lowest BCUT2D eigenvalue weighted by atomic mass is 10.1. The van der Waals surface area contributed by atoms with Crippen molar-refractivity contribution in [2.24, 2.45) is 5.92 Å². The smallest absolute Gasteiger partial charge is 0.224 e. The molecule has 1 amide bonds. The molecule has 0 aliphatic heterocycles. The van der Waals surface area contributed by atoms with Crippen LogP contribution in [0.3, 0.4) is 0 Å². The highest BCUT2D eigenvalue weighted by Gasteiger charge is 2.12. The first-order chi connectivity index (χ1) is 4.59. The molecule has 0 aromatic rings. The zero-order chi connectivity index (χ0) is 8.15. The number of hydrogen-bond acceptors (Lipinski definition) is 1. The normalized spacial score (nSPS) is 10.7. The Balaban J connectivity index is -0.000000405. The second-order valence-electron chi connectivity index (χ2n) is 2.92. The van der Waals surface area contributed by atoms with Crippen molar-refractivity contribution < 1.29 is 4.79 Å². The molecule has 2 nitrogen and oxygen atoms in total. The summed E-state index contributed by atoms with van der Waals surface area (Å²) in [5.74, 6) is 0.432. The van der Waals surface area contributed by atoms with Crippen LogP contribution >= 0.6 is 24.8 Å². The molecule has 0 aliphatic rings. The van der Waals surface area contributed by atoms with Gasteiger partial charge in [-0.05, 0) is 6.42 Å². The van der Waals surface area contributed by atoms with Crippen LogP contribution in [0, 0.1) is 5.92 Å². The minimum absolute atomic E-state index is 0. The molecule has 0 heterocycles. The molecule has 0 bridgehead atoms. The average Bonchev–Trinajstić information content (AvgIpc) is 1.87. The van der Waals surface area contributed by atoms with Crippen molar-refractivity contribution in [3.8, 4) is 0 Å². The number of hydrogen-bond donors (Lipinski definition) is 0. The maximum atomic E-state index is 11.2. The zero-order valence-electron chi connectivity index (χ0n) is 8.16.